The molecule has 0 bridgehead atoms. The highest BCUT2D eigenvalue weighted by atomic mass is 32.1. The smallest absolute Gasteiger partial charge is 0.269 e. The Morgan fingerprint density at radius 2 is 1.65 bits per heavy atom. The standard InChI is InChI=1S/C18H19N3O4S/c1-12-7-3-4-8-13(12)17(23)20-21-18(26)19-16(22)11-25-15-10-6-5-9-14(15)24-2/h3-10H,11H2,1-2H3,(H,20,23)(H2,19,21,22,26). The van der Waals surface area contributed by atoms with E-state index < -0.39 is 5.91 Å². The summed E-state index contributed by atoms with van der Waals surface area (Å²) in [6.07, 6.45) is 0. The van der Waals surface area contributed by atoms with E-state index in [2.05, 4.69) is 16.2 Å². The fraction of sp³-hybridized carbons (Fsp3) is 0.167. The number of carbonyl (C=O) groups excluding carboxylic acids is 2. The molecule has 0 saturated heterocycles. The van der Waals surface area contributed by atoms with E-state index in [0.717, 1.165) is 5.56 Å². The zero-order valence-corrected chi connectivity index (χ0v) is 15.2. The third-order valence-corrected chi connectivity index (χ3v) is 3.56. The number of para-hydroxylation sites is 2. The molecular formula is C18H19N3O4S. The van der Waals surface area contributed by atoms with Crippen LogP contribution in [0.3, 0.4) is 0 Å². The van der Waals surface area contributed by atoms with E-state index in [-0.39, 0.29) is 17.6 Å². The first kappa shape index (κ1) is 19.2. The van der Waals surface area contributed by atoms with E-state index in [9.17, 15) is 9.59 Å². The first-order chi connectivity index (χ1) is 12.5. The monoisotopic (exact) mass is 373 g/mol. The number of benzene rings is 2. The second-order valence-electron chi connectivity index (χ2n) is 5.21. The summed E-state index contributed by atoms with van der Waals surface area (Å²) in [7, 11) is 1.51. The van der Waals surface area contributed by atoms with E-state index >= 15 is 0 Å². The van der Waals surface area contributed by atoms with Crippen LogP contribution in [0.25, 0.3) is 0 Å². The lowest BCUT2D eigenvalue weighted by Crippen LogP contribution is -2.49. The summed E-state index contributed by atoms with van der Waals surface area (Å²) in [5.41, 5.74) is 6.24. The van der Waals surface area contributed by atoms with Crippen molar-refractivity contribution in [3.8, 4) is 11.5 Å². The molecule has 0 aliphatic carbocycles. The van der Waals surface area contributed by atoms with Crippen molar-refractivity contribution >= 4 is 29.1 Å². The fourth-order valence-electron chi connectivity index (χ4n) is 2.08. The summed E-state index contributed by atoms with van der Waals surface area (Å²) in [4.78, 5) is 23.9. The molecule has 7 nitrogen and oxygen atoms in total. The van der Waals surface area contributed by atoms with E-state index in [1.807, 2.05) is 19.1 Å². The number of aryl methyl sites for hydroxylation is 1. The van der Waals surface area contributed by atoms with Crippen LogP contribution in [0, 0.1) is 6.92 Å². The topological polar surface area (TPSA) is 88.7 Å². The molecule has 0 radical (unpaired) electrons. The SMILES string of the molecule is COc1ccccc1OCC(=O)NC(=S)NNC(=O)c1ccccc1C. The Hall–Kier alpha value is -3.13. The molecule has 2 amide bonds. The van der Waals surface area contributed by atoms with Gasteiger partial charge in [-0.3, -0.25) is 25.8 Å². The van der Waals surface area contributed by atoms with Crippen LogP contribution in [0.4, 0.5) is 0 Å². The molecule has 0 fully saturated rings. The zero-order valence-electron chi connectivity index (χ0n) is 14.4. The van der Waals surface area contributed by atoms with Crippen molar-refractivity contribution in [1.29, 1.82) is 0 Å². The van der Waals surface area contributed by atoms with Gasteiger partial charge < -0.3 is 9.47 Å². The molecule has 0 aliphatic rings. The Morgan fingerprint density at radius 3 is 2.35 bits per heavy atom. The first-order valence-corrected chi connectivity index (χ1v) is 8.13. The maximum atomic E-state index is 12.1. The number of thiocarbonyl (C=S) groups is 1. The molecule has 2 rings (SSSR count). The van der Waals surface area contributed by atoms with Gasteiger partial charge >= 0.3 is 0 Å². The number of hydrazine groups is 1. The van der Waals surface area contributed by atoms with Crippen molar-refractivity contribution in [2.24, 2.45) is 0 Å². The van der Waals surface area contributed by atoms with Crippen LogP contribution in [0.1, 0.15) is 15.9 Å². The van der Waals surface area contributed by atoms with Crippen molar-refractivity contribution in [2.45, 2.75) is 6.92 Å². The molecule has 0 spiro atoms. The summed E-state index contributed by atoms with van der Waals surface area (Å²) in [6.45, 7) is 1.57. The number of hydrogen-bond acceptors (Lipinski definition) is 5. The maximum Gasteiger partial charge on any atom is 0.269 e. The minimum atomic E-state index is -0.474. The molecule has 0 atom stereocenters. The molecule has 2 aromatic carbocycles. The minimum Gasteiger partial charge on any atom is -0.493 e. The molecule has 0 unspecified atom stereocenters. The van der Waals surface area contributed by atoms with Gasteiger partial charge in [-0.15, -0.1) is 0 Å². The van der Waals surface area contributed by atoms with Crippen molar-refractivity contribution in [1.82, 2.24) is 16.2 Å². The predicted octanol–water partition coefficient (Wildman–Crippen LogP) is 1.72. The predicted molar refractivity (Wildman–Crippen MR) is 101 cm³/mol. The summed E-state index contributed by atoms with van der Waals surface area (Å²) < 4.78 is 10.5. The number of nitrogens with one attached hydrogen (secondary N) is 3. The van der Waals surface area contributed by atoms with Crippen LogP contribution in [-0.2, 0) is 4.79 Å². The summed E-state index contributed by atoms with van der Waals surface area (Å²) in [6, 6.07) is 14.1. The van der Waals surface area contributed by atoms with E-state index in [0.29, 0.717) is 17.1 Å². The molecule has 26 heavy (non-hydrogen) atoms. The van der Waals surface area contributed by atoms with E-state index in [1.54, 1.807) is 36.4 Å². The van der Waals surface area contributed by atoms with Crippen molar-refractivity contribution in [2.75, 3.05) is 13.7 Å². The van der Waals surface area contributed by atoms with Gasteiger partial charge in [0.15, 0.2) is 23.2 Å². The molecule has 8 heteroatoms. The Labute approximate surface area is 156 Å². The highest BCUT2D eigenvalue weighted by Crippen LogP contribution is 2.25. The average molecular weight is 373 g/mol. The van der Waals surface area contributed by atoms with Gasteiger partial charge in [0, 0.05) is 5.56 Å². The van der Waals surface area contributed by atoms with Crippen molar-refractivity contribution in [3.05, 3.63) is 59.7 Å². The van der Waals surface area contributed by atoms with Gasteiger partial charge in [0.25, 0.3) is 11.8 Å². The molecule has 0 saturated carbocycles. The number of rotatable bonds is 5. The third kappa shape index (κ3) is 5.45. The van der Waals surface area contributed by atoms with Crippen LogP contribution < -0.4 is 25.6 Å². The van der Waals surface area contributed by atoms with Gasteiger partial charge in [-0.25, -0.2) is 0 Å². The molecule has 3 N–H and O–H groups in total. The van der Waals surface area contributed by atoms with Crippen LogP contribution in [0.2, 0.25) is 0 Å². The Morgan fingerprint density at radius 1 is 1.00 bits per heavy atom. The van der Waals surface area contributed by atoms with Crippen molar-refractivity contribution in [3.63, 3.8) is 0 Å². The van der Waals surface area contributed by atoms with Crippen LogP contribution in [0.5, 0.6) is 11.5 Å². The Bertz CT molecular complexity index is 811. The zero-order chi connectivity index (χ0) is 18.9. The highest BCUT2D eigenvalue weighted by Gasteiger charge is 2.11. The highest BCUT2D eigenvalue weighted by molar-refractivity contribution is 7.80. The Balaban J connectivity index is 1.78. The summed E-state index contributed by atoms with van der Waals surface area (Å²) >= 11 is 4.97. The lowest BCUT2D eigenvalue weighted by atomic mass is 10.1. The number of methoxy groups -OCH3 is 1. The summed E-state index contributed by atoms with van der Waals surface area (Å²) in [5, 5.41) is 2.37. The third-order valence-electron chi connectivity index (χ3n) is 3.36. The quantitative estimate of drug-likeness (QED) is 0.546. The average Bonchev–Trinajstić information content (AvgIpc) is 2.65. The lowest BCUT2D eigenvalue weighted by Gasteiger charge is -2.13. The lowest BCUT2D eigenvalue weighted by molar-refractivity contribution is -0.121. The van der Waals surface area contributed by atoms with Crippen molar-refractivity contribution < 1.29 is 19.1 Å². The molecule has 0 aromatic heterocycles. The van der Waals surface area contributed by atoms with E-state index in [1.165, 1.54) is 7.11 Å². The summed E-state index contributed by atoms with van der Waals surface area (Å²) in [5.74, 6) is 0.131. The van der Waals surface area contributed by atoms with Gasteiger partial charge in [0.05, 0.1) is 7.11 Å². The van der Waals surface area contributed by atoms with Crippen LogP contribution in [0.15, 0.2) is 48.5 Å². The molecule has 136 valence electrons. The van der Waals surface area contributed by atoms with E-state index in [4.69, 9.17) is 21.7 Å². The maximum absolute atomic E-state index is 12.1. The second kappa shape index (κ2) is 9.38. The fourth-order valence-corrected chi connectivity index (χ4v) is 2.25. The van der Waals surface area contributed by atoms with Crippen LogP contribution in [-0.4, -0.2) is 30.6 Å². The molecule has 2 aromatic rings. The number of amides is 2. The van der Waals surface area contributed by atoms with Gasteiger partial charge in [-0.05, 0) is 42.9 Å². The number of carbonyl (C=O) groups is 2. The second-order valence-corrected chi connectivity index (χ2v) is 5.62. The number of ether oxygens (including phenoxy) is 2. The largest absolute Gasteiger partial charge is 0.493 e. The van der Waals surface area contributed by atoms with Gasteiger partial charge in [0.2, 0.25) is 0 Å². The molecular weight excluding hydrogens is 354 g/mol. The van der Waals surface area contributed by atoms with Gasteiger partial charge in [0.1, 0.15) is 0 Å². The Kier molecular flexibility index (Phi) is 6.92. The normalized spacial score (nSPS) is 9.77. The van der Waals surface area contributed by atoms with Gasteiger partial charge in [-0.2, -0.15) is 0 Å². The molecule has 0 heterocycles. The first-order valence-electron chi connectivity index (χ1n) is 7.73. The number of hydrogen-bond donors (Lipinski definition) is 3. The van der Waals surface area contributed by atoms with Crippen LogP contribution >= 0.6 is 12.2 Å². The molecule has 0 aliphatic heterocycles. The van der Waals surface area contributed by atoms with Gasteiger partial charge in [-0.1, -0.05) is 30.3 Å². The minimum absolute atomic E-state index is 0.0411.